The van der Waals surface area contributed by atoms with E-state index in [4.69, 9.17) is 0 Å². The smallest absolute Gasteiger partial charge is 0.269 e. The summed E-state index contributed by atoms with van der Waals surface area (Å²) in [5, 5.41) is 14.9. The number of likely N-dealkylation sites (tertiary alicyclic amines) is 2. The molecule has 180 valence electrons. The molecule has 0 radical (unpaired) electrons. The molecule has 34 heavy (non-hydrogen) atoms. The lowest BCUT2D eigenvalue weighted by Crippen LogP contribution is -2.37. The lowest BCUT2D eigenvalue weighted by atomic mass is 9.89. The van der Waals surface area contributed by atoms with E-state index in [0.717, 1.165) is 57.7 Å². The summed E-state index contributed by atoms with van der Waals surface area (Å²) < 4.78 is 13.1. The largest absolute Gasteiger partial charge is 0.303 e. The number of benzene rings is 2. The van der Waals surface area contributed by atoms with E-state index in [9.17, 15) is 14.5 Å². The van der Waals surface area contributed by atoms with Crippen molar-refractivity contribution in [1.82, 2.24) is 9.80 Å². The van der Waals surface area contributed by atoms with Crippen LogP contribution in [-0.2, 0) is 6.54 Å². The SMILES string of the molecule is O=[N+]([O-])c1ccc(CN2CC[C@H](CN3CCC(c4ccc(F)cc4)CC3)C2)cc1.c1ccsc1. The average Bonchev–Trinajstić information content (AvgIpc) is 3.56. The molecule has 7 heteroatoms. The van der Waals surface area contributed by atoms with Gasteiger partial charge in [-0.25, -0.2) is 4.39 Å². The molecular formula is C27H32FN3O2S. The van der Waals surface area contributed by atoms with Crippen molar-refractivity contribution in [3.63, 3.8) is 0 Å². The number of rotatable bonds is 6. The van der Waals surface area contributed by atoms with Gasteiger partial charge in [0.15, 0.2) is 0 Å². The molecule has 0 spiro atoms. The highest BCUT2D eigenvalue weighted by molar-refractivity contribution is 7.07. The summed E-state index contributed by atoms with van der Waals surface area (Å²) in [5.41, 5.74) is 2.55. The number of thiophene rings is 1. The Labute approximate surface area is 205 Å². The Kier molecular flexibility index (Phi) is 8.79. The molecule has 0 N–H and O–H groups in total. The van der Waals surface area contributed by atoms with Gasteiger partial charge in [0.1, 0.15) is 5.82 Å². The Morgan fingerprint density at radius 2 is 1.56 bits per heavy atom. The summed E-state index contributed by atoms with van der Waals surface area (Å²) in [6, 6.07) is 18.0. The van der Waals surface area contributed by atoms with E-state index >= 15 is 0 Å². The van der Waals surface area contributed by atoms with Crippen LogP contribution in [0.5, 0.6) is 0 Å². The number of nitro groups is 1. The van der Waals surface area contributed by atoms with Gasteiger partial charge in [-0.05, 0) is 84.8 Å². The van der Waals surface area contributed by atoms with Crippen LogP contribution in [0.15, 0.2) is 71.4 Å². The van der Waals surface area contributed by atoms with E-state index < -0.39 is 0 Å². The molecule has 5 rings (SSSR count). The van der Waals surface area contributed by atoms with Crippen LogP contribution in [0.4, 0.5) is 10.1 Å². The summed E-state index contributed by atoms with van der Waals surface area (Å²) in [5.74, 6) is 1.08. The van der Waals surface area contributed by atoms with Gasteiger partial charge in [0.05, 0.1) is 4.92 Å². The number of hydrogen-bond acceptors (Lipinski definition) is 5. The Morgan fingerprint density at radius 3 is 2.15 bits per heavy atom. The fraction of sp³-hybridized carbons (Fsp3) is 0.407. The summed E-state index contributed by atoms with van der Waals surface area (Å²) >= 11 is 1.71. The minimum absolute atomic E-state index is 0.150. The molecule has 2 saturated heterocycles. The zero-order valence-corrected chi connectivity index (χ0v) is 20.2. The second kappa shape index (κ2) is 12.2. The zero-order chi connectivity index (χ0) is 23.8. The predicted molar refractivity (Wildman–Crippen MR) is 136 cm³/mol. The predicted octanol–water partition coefficient (Wildman–Crippen LogP) is 6.18. The van der Waals surface area contributed by atoms with Crippen molar-refractivity contribution in [2.24, 2.45) is 5.92 Å². The molecule has 3 aromatic rings. The highest BCUT2D eigenvalue weighted by Crippen LogP contribution is 2.29. The molecule has 3 heterocycles. The van der Waals surface area contributed by atoms with E-state index in [1.54, 1.807) is 35.6 Å². The second-order valence-corrected chi connectivity index (χ2v) is 10.0. The van der Waals surface area contributed by atoms with E-state index in [2.05, 4.69) is 9.80 Å². The van der Waals surface area contributed by atoms with Crippen LogP contribution in [-0.4, -0.2) is 47.4 Å². The maximum atomic E-state index is 13.1. The van der Waals surface area contributed by atoms with Gasteiger partial charge in [-0.1, -0.05) is 36.4 Å². The Bertz CT molecular complexity index is 986. The highest BCUT2D eigenvalue weighted by atomic mass is 32.1. The average molecular weight is 482 g/mol. The number of halogens is 1. The van der Waals surface area contributed by atoms with E-state index in [0.29, 0.717) is 11.8 Å². The van der Waals surface area contributed by atoms with Crippen molar-refractivity contribution >= 4 is 17.0 Å². The van der Waals surface area contributed by atoms with Crippen LogP contribution in [0.25, 0.3) is 0 Å². The molecule has 0 amide bonds. The van der Waals surface area contributed by atoms with Gasteiger partial charge in [0, 0.05) is 31.8 Å². The fourth-order valence-electron chi connectivity index (χ4n) is 4.96. The van der Waals surface area contributed by atoms with Gasteiger partial charge in [-0.2, -0.15) is 11.3 Å². The highest BCUT2D eigenvalue weighted by Gasteiger charge is 2.27. The van der Waals surface area contributed by atoms with Crippen LogP contribution in [0, 0.1) is 21.8 Å². The van der Waals surface area contributed by atoms with Gasteiger partial charge >= 0.3 is 0 Å². The molecule has 2 aliphatic heterocycles. The van der Waals surface area contributed by atoms with Gasteiger partial charge in [-0.15, -0.1) is 0 Å². The monoisotopic (exact) mass is 481 g/mol. The number of piperidine rings is 1. The third kappa shape index (κ3) is 7.19. The fourth-order valence-corrected chi connectivity index (χ4v) is 5.42. The second-order valence-electron chi connectivity index (χ2n) is 9.23. The number of non-ortho nitro benzene ring substituents is 1. The molecule has 0 bridgehead atoms. The first-order chi connectivity index (χ1) is 16.6. The first-order valence-corrected chi connectivity index (χ1v) is 12.9. The number of nitro benzene ring substituents is 1. The Hall–Kier alpha value is -2.61. The van der Waals surface area contributed by atoms with E-state index in [-0.39, 0.29) is 16.4 Å². The summed E-state index contributed by atoms with van der Waals surface area (Å²) in [7, 11) is 0. The first kappa shape index (κ1) is 24.5. The lowest BCUT2D eigenvalue weighted by Gasteiger charge is -2.33. The first-order valence-electron chi connectivity index (χ1n) is 12.0. The topological polar surface area (TPSA) is 49.6 Å². The molecule has 2 aromatic carbocycles. The normalized spacial score (nSPS) is 19.5. The van der Waals surface area contributed by atoms with Crippen LogP contribution in [0.2, 0.25) is 0 Å². The minimum Gasteiger partial charge on any atom is -0.303 e. The van der Waals surface area contributed by atoms with Gasteiger partial charge in [-0.3, -0.25) is 15.0 Å². The maximum absolute atomic E-state index is 13.1. The third-order valence-corrected chi connectivity index (χ3v) is 7.42. The molecular weight excluding hydrogens is 449 g/mol. The van der Waals surface area contributed by atoms with E-state index in [1.165, 1.54) is 12.0 Å². The third-order valence-electron chi connectivity index (χ3n) is 6.79. The molecule has 0 aliphatic carbocycles. The Balaban J connectivity index is 0.000000486. The summed E-state index contributed by atoms with van der Waals surface area (Å²) in [6.07, 6.45) is 3.50. The number of nitrogens with zero attached hydrogens (tertiary/aromatic N) is 3. The van der Waals surface area contributed by atoms with Crippen LogP contribution in [0.1, 0.15) is 36.3 Å². The van der Waals surface area contributed by atoms with Crippen LogP contribution >= 0.6 is 11.3 Å². The molecule has 5 nitrogen and oxygen atoms in total. The maximum Gasteiger partial charge on any atom is 0.269 e. The molecule has 2 aliphatic rings. The Morgan fingerprint density at radius 1 is 0.912 bits per heavy atom. The van der Waals surface area contributed by atoms with Crippen molar-refractivity contribution in [1.29, 1.82) is 0 Å². The molecule has 2 fully saturated rings. The van der Waals surface area contributed by atoms with Gasteiger partial charge in [0.2, 0.25) is 0 Å². The standard InChI is InChI=1S/C23H28FN3O2.C4H4S/c24-22-5-3-20(4-6-22)21-10-13-25(14-11-21)16-19-9-12-26(17-19)15-18-1-7-23(8-2-18)27(28)29;1-2-4-5-3-1/h1-8,19,21H,9-17H2;1-4H/t19-;/m1./s1. The quantitative estimate of drug-likeness (QED) is 0.311. The van der Waals surface area contributed by atoms with Crippen LogP contribution < -0.4 is 0 Å². The van der Waals surface area contributed by atoms with Crippen molar-refractivity contribution < 1.29 is 9.31 Å². The van der Waals surface area contributed by atoms with Gasteiger partial charge in [0.25, 0.3) is 5.69 Å². The molecule has 1 atom stereocenters. The molecule has 0 saturated carbocycles. The van der Waals surface area contributed by atoms with Crippen molar-refractivity contribution in [2.75, 3.05) is 32.7 Å². The van der Waals surface area contributed by atoms with Crippen LogP contribution in [0.3, 0.4) is 0 Å². The molecule has 0 unspecified atom stereocenters. The summed E-state index contributed by atoms with van der Waals surface area (Å²) in [6.45, 7) is 6.42. The van der Waals surface area contributed by atoms with E-state index in [1.807, 2.05) is 47.2 Å². The number of hydrogen-bond donors (Lipinski definition) is 0. The van der Waals surface area contributed by atoms with Crippen molar-refractivity contribution in [2.45, 2.75) is 31.7 Å². The van der Waals surface area contributed by atoms with Crippen molar-refractivity contribution in [3.8, 4) is 0 Å². The lowest BCUT2D eigenvalue weighted by molar-refractivity contribution is -0.384. The minimum atomic E-state index is -0.352. The zero-order valence-electron chi connectivity index (χ0n) is 19.4. The molecule has 1 aromatic heterocycles. The summed E-state index contributed by atoms with van der Waals surface area (Å²) in [4.78, 5) is 15.5. The van der Waals surface area contributed by atoms with Gasteiger partial charge < -0.3 is 4.90 Å². The van der Waals surface area contributed by atoms with Crippen molar-refractivity contribution in [3.05, 3.63) is 98.5 Å².